The van der Waals surface area contributed by atoms with E-state index in [9.17, 15) is 4.79 Å². The van der Waals surface area contributed by atoms with E-state index in [0.717, 1.165) is 6.54 Å². The van der Waals surface area contributed by atoms with Crippen molar-refractivity contribution in [2.75, 3.05) is 14.1 Å². The second kappa shape index (κ2) is 3.38. The molecule has 0 aliphatic rings. The first-order chi connectivity index (χ1) is 5.65. The summed E-state index contributed by atoms with van der Waals surface area (Å²) in [6, 6.07) is 1.60. The smallest absolute Gasteiger partial charge is 0.273 e. The van der Waals surface area contributed by atoms with Crippen molar-refractivity contribution in [3.8, 4) is 0 Å². The molecule has 0 aromatic carbocycles. The first kappa shape index (κ1) is 8.77. The van der Waals surface area contributed by atoms with E-state index in [1.165, 1.54) is 4.90 Å². The normalized spacial score (nSPS) is 9.92. The Morgan fingerprint density at radius 3 is 2.83 bits per heavy atom. The van der Waals surface area contributed by atoms with Crippen molar-refractivity contribution in [2.45, 2.75) is 13.5 Å². The minimum absolute atomic E-state index is 0.0848. The van der Waals surface area contributed by atoms with Gasteiger partial charge in [0.1, 0.15) is 0 Å². The van der Waals surface area contributed by atoms with Crippen molar-refractivity contribution in [3.63, 3.8) is 0 Å². The first-order valence-corrected chi connectivity index (χ1v) is 3.82. The van der Waals surface area contributed by atoms with Gasteiger partial charge in [0.15, 0.2) is 5.69 Å². The summed E-state index contributed by atoms with van der Waals surface area (Å²) in [7, 11) is 3.40. The highest BCUT2D eigenvalue weighted by Gasteiger charge is 2.10. The molecule has 0 aliphatic carbocycles. The van der Waals surface area contributed by atoms with Crippen LogP contribution in [0.3, 0.4) is 0 Å². The number of rotatable bonds is 2. The molecule has 0 fully saturated rings. The van der Waals surface area contributed by atoms with Gasteiger partial charge in [0.2, 0.25) is 0 Å². The van der Waals surface area contributed by atoms with Crippen molar-refractivity contribution in [3.05, 3.63) is 18.0 Å². The van der Waals surface area contributed by atoms with E-state index < -0.39 is 0 Å². The molecule has 1 amide bonds. The van der Waals surface area contributed by atoms with Crippen molar-refractivity contribution < 1.29 is 4.79 Å². The van der Waals surface area contributed by atoms with Crippen LogP contribution in [0.1, 0.15) is 17.4 Å². The molecule has 0 atom stereocenters. The molecule has 1 aromatic rings. The topological polar surface area (TPSA) is 38.1 Å². The van der Waals surface area contributed by atoms with Gasteiger partial charge in [-0.15, -0.1) is 0 Å². The fraction of sp³-hybridized carbons (Fsp3) is 0.500. The molecule has 0 spiro atoms. The van der Waals surface area contributed by atoms with Gasteiger partial charge in [0.05, 0.1) is 6.20 Å². The highest BCUT2D eigenvalue weighted by molar-refractivity contribution is 5.91. The molecule has 0 N–H and O–H groups in total. The van der Waals surface area contributed by atoms with Gasteiger partial charge < -0.3 is 4.90 Å². The Hall–Kier alpha value is -1.32. The van der Waals surface area contributed by atoms with Gasteiger partial charge in [-0.1, -0.05) is 0 Å². The molecule has 1 rings (SSSR count). The zero-order valence-corrected chi connectivity index (χ0v) is 7.53. The SMILES string of the molecule is CCn1[c]cc(C(=O)N(C)C)n1. The number of hydrogen-bond acceptors (Lipinski definition) is 2. The van der Waals surface area contributed by atoms with E-state index in [1.54, 1.807) is 24.8 Å². The molecule has 1 radical (unpaired) electrons. The lowest BCUT2D eigenvalue weighted by Gasteiger charge is -2.06. The predicted octanol–water partition coefficient (Wildman–Crippen LogP) is 0.405. The van der Waals surface area contributed by atoms with Crippen LogP contribution in [0.25, 0.3) is 0 Å². The third kappa shape index (κ3) is 1.64. The molecular formula is C8H12N3O. The Labute approximate surface area is 71.8 Å². The van der Waals surface area contributed by atoms with E-state index >= 15 is 0 Å². The Morgan fingerprint density at radius 1 is 1.75 bits per heavy atom. The van der Waals surface area contributed by atoms with Crippen LogP contribution in [-0.2, 0) is 6.54 Å². The maximum absolute atomic E-state index is 11.3. The number of aromatic nitrogens is 2. The number of amides is 1. The van der Waals surface area contributed by atoms with E-state index in [0.29, 0.717) is 5.69 Å². The van der Waals surface area contributed by atoms with Crippen molar-refractivity contribution in [1.29, 1.82) is 0 Å². The van der Waals surface area contributed by atoms with E-state index in [1.807, 2.05) is 6.92 Å². The first-order valence-electron chi connectivity index (χ1n) is 3.82. The quantitative estimate of drug-likeness (QED) is 0.638. The van der Waals surface area contributed by atoms with Gasteiger partial charge in [-0.2, -0.15) is 5.10 Å². The second-order valence-corrected chi connectivity index (χ2v) is 2.67. The summed E-state index contributed by atoms with van der Waals surface area (Å²) >= 11 is 0. The zero-order valence-electron chi connectivity index (χ0n) is 7.53. The molecular weight excluding hydrogens is 154 g/mol. The van der Waals surface area contributed by atoms with Crippen molar-refractivity contribution in [2.24, 2.45) is 0 Å². The molecule has 1 heterocycles. The maximum atomic E-state index is 11.3. The molecule has 12 heavy (non-hydrogen) atoms. The molecule has 0 unspecified atom stereocenters. The minimum atomic E-state index is -0.0848. The van der Waals surface area contributed by atoms with Crippen LogP contribution in [-0.4, -0.2) is 34.7 Å². The molecule has 0 saturated heterocycles. The van der Waals surface area contributed by atoms with Crippen LogP contribution in [0.4, 0.5) is 0 Å². The lowest BCUT2D eigenvalue weighted by atomic mass is 10.4. The monoisotopic (exact) mass is 166 g/mol. The number of carbonyl (C=O) groups excluding carboxylic acids is 1. The van der Waals surface area contributed by atoms with Gasteiger partial charge in [-0.25, -0.2) is 0 Å². The van der Waals surface area contributed by atoms with Gasteiger partial charge >= 0.3 is 0 Å². The number of aryl methyl sites for hydroxylation is 1. The van der Waals surface area contributed by atoms with Crippen molar-refractivity contribution in [1.82, 2.24) is 14.7 Å². The highest BCUT2D eigenvalue weighted by Crippen LogP contribution is 1.97. The fourth-order valence-corrected chi connectivity index (χ4v) is 0.819. The molecule has 0 aliphatic heterocycles. The summed E-state index contributed by atoms with van der Waals surface area (Å²) in [5.41, 5.74) is 0.446. The van der Waals surface area contributed by atoms with E-state index in [4.69, 9.17) is 0 Å². The second-order valence-electron chi connectivity index (χ2n) is 2.67. The molecule has 1 aromatic heterocycles. The molecule has 0 saturated carbocycles. The summed E-state index contributed by atoms with van der Waals surface area (Å²) in [5.74, 6) is -0.0848. The number of carbonyl (C=O) groups is 1. The van der Waals surface area contributed by atoms with Crippen LogP contribution in [0.15, 0.2) is 6.07 Å². The number of hydrogen-bond donors (Lipinski definition) is 0. The maximum Gasteiger partial charge on any atom is 0.273 e. The summed E-state index contributed by atoms with van der Waals surface area (Å²) in [6.45, 7) is 2.69. The van der Waals surface area contributed by atoms with Crippen LogP contribution in [0, 0.1) is 6.20 Å². The van der Waals surface area contributed by atoms with Crippen LogP contribution >= 0.6 is 0 Å². The van der Waals surface area contributed by atoms with E-state index in [-0.39, 0.29) is 5.91 Å². The summed E-state index contributed by atoms with van der Waals surface area (Å²) in [4.78, 5) is 12.8. The Kier molecular flexibility index (Phi) is 2.47. The Morgan fingerprint density at radius 2 is 2.42 bits per heavy atom. The lowest BCUT2D eigenvalue weighted by molar-refractivity contribution is 0.0821. The molecule has 4 heteroatoms. The molecule has 0 bridgehead atoms. The summed E-state index contributed by atoms with van der Waals surface area (Å²) < 4.78 is 1.61. The standard InChI is InChI=1S/C8H12N3O/c1-4-11-6-5-7(9-11)8(12)10(2)3/h5H,4H2,1-3H3. The third-order valence-corrected chi connectivity index (χ3v) is 1.50. The van der Waals surface area contributed by atoms with E-state index in [2.05, 4.69) is 11.3 Å². The minimum Gasteiger partial charge on any atom is -0.343 e. The third-order valence-electron chi connectivity index (χ3n) is 1.50. The zero-order chi connectivity index (χ0) is 9.14. The summed E-state index contributed by atoms with van der Waals surface area (Å²) in [6.07, 6.45) is 2.85. The molecule has 65 valence electrons. The van der Waals surface area contributed by atoms with Gasteiger partial charge in [0, 0.05) is 20.6 Å². The fourth-order valence-electron chi connectivity index (χ4n) is 0.819. The van der Waals surface area contributed by atoms with Crippen LogP contribution in [0.2, 0.25) is 0 Å². The Bertz CT molecular complexity index is 278. The van der Waals surface area contributed by atoms with Gasteiger partial charge in [-0.05, 0) is 13.0 Å². The van der Waals surface area contributed by atoms with Crippen LogP contribution < -0.4 is 0 Å². The summed E-state index contributed by atoms with van der Waals surface area (Å²) in [5, 5.41) is 4.02. The van der Waals surface area contributed by atoms with Crippen molar-refractivity contribution >= 4 is 5.91 Å². The average Bonchev–Trinajstić information content (AvgIpc) is 2.50. The Balaban J connectivity index is 2.82. The van der Waals surface area contributed by atoms with Gasteiger partial charge in [-0.3, -0.25) is 9.48 Å². The lowest BCUT2D eigenvalue weighted by Crippen LogP contribution is -2.22. The predicted molar refractivity (Wildman–Crippen MR) is 44.8 cm³/mol. The molecule has 4 nitrogen and oxygen atoms in total. The average molecular weight is 166 g/mol. The van der Waals surface area contributed by atoms with Gasteiger partial charge in [0.25, 0.3) is 5.91 Å². The number of nitrogens with zero attached hydrogens (tertiary/aromatic N) is 3. The van der Waals surface area contributed by atoms with Crippen LogP contribution in [0.5, 0.6) is 0 Å². The largest absolute Gasteiger partial charge is 0.343 e. The highest BCUT2D eigenvalue weighted by atomic mass is 16.2.